The smallest absolute Gasteiger partial charge is 0.358 e. The van der Waals surface area contributed by atoms with Crippen LogP contribution < -0.4 is 15.9 Å². The fraction of sp³-hybridized carbons (Fsp3) is 0.200. The number of carbonyl (C=O) groups is 4. The predicted octanol–water partition coefficient (Wildman–Crippen LogP) is 2.05. The van der Waals surface area contributed by atoms with Crippen LogP contribution in [0.1, 0.15) is 23.0 Å². The number of nitrogen functional groups attached to an aromatic ring is 1. The maximum Gasteiger partial charge on any atom is 0.358 e. The lowest BCUT2D eigenvalue weighted by Crippen LogP contribution is -2.70. The van der Waals surface area contributed by atoms with Crippen LogP contribution in [-0.2, 0) is 23.9 Å². The second-order valence-electron chi connectivity index (χ2n) is 8.53. The molecule has 3 N–H and O–H groups in total. The van der Waals surface area contributed by atoms with Gasteiger partial charge in [-0.25, -0.2) is 9.59 Å². The molecule has 17 heteroatoms. The molecule has 5 rings (SSSR count). The Morgan fingerprint density at radius 3 is 2.67 bits per heavy atom. The van der Waals surface area contributed by atoms with E-state index < -0.39 is 41.5 Å². The standard InChI is InChI=1S/C25H21N7O7S3/c1-13(37-23(35)14-5-3-2-4-6-14)38-24(36)20-15(7-8-16-11-42-31-30-16)10-40-22-19(21(34)32(20)22)28-17(33)9-27-39-18-12-41-25(26)29-18/h2-9,11-13,19,22H,10H2,1H3,(H2,26,29)(H,28,33)/b8-7-,27-9-. The van der Waals surface area contributed by atoms with Crippen molar-refractivity contribution < 1.29 is 33.5 Å². The third-order valence-electron chi connectivity index (χ3n) is 5.69. The molecule has 3 atom stereocenters. The van der Waals surface area contributed by atoms with E-state index in [-0.39, 0.29) is 22.3 Å². The van der Waals surface area contributed by atoms with Gasteiger partial charge in [0.2, 0.25) is 6.29 Å². The normalized spacial score (nSPS) is 18.9. The molecule has 216 valence electrons. The SMILES string of the molecule is CC(OC(=O)C1=C(/C=C\c2csnn2)CSC2C(NC(=O)/C=N\Oc3csc(N)n3)C(=O)N12)OC(=O)c1ccccc1. The van der Waals surface area contributed by atoms with Crippen LogP contribution in [0.4, 0.5) is 5.13 Å². The molecule has 0 aliphatic carbocycles. The van der Waals surface area contributed by atoms with Gasteiger partial charge in [0.05, 0.1) is 16.6 Å². The number of aromatic nitrogens is 3. The Morgan fingerprint density at radius 2 is 1.95 bits per heavy atom. The highest BCUT2D eigenvalue weighted by Crippen LogP contribution is 2.41. The Balaban J connectivity index is 1.28. The first-order valence-electron chi connectivity index (χ1n) is 12.1. The summed E-state index contributed by atoms with van der Waals surface area (Å²) in [5.74, 6) is -2.34. The number of carbonyl (C=O) groups excluding carboxylic acids is 4. The molecule has 3 unspecified atom stereocenters. The molecule has 0 radical (unpaired) electrons. The van der Waals surface area contributed by atoms with Crippen molar-refractivity contribution in [2.24, 2.45) is 5.16 Å². The van der Waals surface area contributed by atoms with E-state index in [0.29, 0.717) is 17.0 Å². The van der Waals surface area contributed by atoms with Gasteiger partial charge in [0.15, 0.2) is 5.13 Å². The van der Waals surface area contributed by atoms with Crippen LogP contribution >= 0.6 is 34.6 Å². The molecule has 14 nitrogen and oxygen atoms in total. The van der Waals surface area contributed by atoms with Crippen molar-refractivity contribution in [1.29, 1.82) is 0 Å². The van der Waals surface area contributed by atoms with Gasteiger partial charge in [0.1, 0.15) is 23.3 Å². The first-order chi connectivity index (χ1) is 20.3. The summed E-state index contributed by atoms with van der Waals surface area (Å²) in [6.07, 6.45) is 2.91. The molecule has 1 aromatic carbocycles. The molecule has 42 heavy (non-hydrogen) atoms. The molecule has 2 amide bonds. The number of nitrogens with two attached hydrogens (primary N) is 1. The minimum absolute atomic E-state index is 0.0329. The van der Waals surface area contributed by atoms with Crippen LogP contribution in [-0.4, -0.2) is 72.9 Å². The average Bonchev–Trinajstić information content (AvgIpc) is 3.66. The zero-order valence-corrected chi connectivity index (χ0v) is 24.1. The zero-order valence-electron chi connectivity index (χ0n) is 21.6. The van der Waals surface area contributed by atoms with Crippen molar-refractivity contribution in [3.05, 3.63) is 69.7 Å². The molecule has 0 saturated carbocycles. The number of oxime groups is 1. The number of ether oxygens (including phenoxy) is 2. The summed E-state index contributed by atoms with van der Waals surface area (Å²) in [5, 5.41) is 13.0. The second kappa shape index (κ2) is 12.9. The van der Waals surface area contributed by atoms with E-state index in [2.05, 4.69) is 25.0 Å². The number of nitrogens with one attached hydrogen (secondary N) is 1. The van der Waals surface area contributed by atoms with Crippen LogP contribution in [0.25, 0.3) is 6.08 Å². The molecule has 2 aromatic heterocycles. The Morgan fingerprint density at radius 1 is 1.17 bits per heavy atom. The number of fused-ring (bicyclic) bond motifs is 1. The lowest BCUT2D eigenvalue weighted by Gasteiger charge is -2.49. The highest BCUT2D eigenvalue weighted by atomic mass is 32.2. The minimum Gasteiger partial charge on any atom is -0.422 e. The highest BCUT2D eigenvalue weighted by Gasteiger charge is 2.54. The summed E-state index contributed by atoms with van der Waals surface area (Å²) in [4.78, 5) is 61.5. The lowest BCUT2D eigenvalue weighted by atomic mass is 10.0. The average molecular weight is 628 g/mol. The highest BCUT2D eigenvalue weighted by molar-refractivity contribution is 8.00. The number of esters is 2. The molecule has 4 heterocycles. The van der Waals surface area contributed by atoms with E-state index in [9.17, 15) is 19.2 Å². The van der Waals surface area contributed by atoms with Crippen LogP contribution in [0.2, 0.25) is 0 Å². The van der Waals surface area contributed by atoms with Gasteiger partial charge in [0.25, 0.3) is 17.7 Å². The molecule has 3 aromatic rings. The summed E-state index contributed by atoms with van der Waals surface area (Å²) in [6.45, 7) is 1.40. The van der Waals surface area contributed by atoms with Gasteiger partial charge < -0.3 is 25.4 Å². The van der Waals surface area contributed by atoms with Gasteiger partial charge in [0, 0.05) is 18.1 Å². The number of rotatable bonds is 10. The zero-order chi connectivity index (χ0) is 29.6. The van der Waals surface area contributed by atoms with Crippen LogP contribution in [0.5, 0.6) is 5.88 Å². The third kappa shape index (κ3) is 6.64. The van der Waals surface area contributed by atoms with E-state index in [4.69, 9.17) is 20.0 Å². The number of thioether (sulfide) groups is 1. The lowest BCUT2D eigenvalue weighted by molar-refractivity contribution is -0.166. The number of hydrogen-bond acceptors (Lipinski definition) is 15. The Hall–Kier alpha value is -4.61. The fourth-order valence-electron chi connectivity index (χ4n) is 3.85. The summed E-state index contributed by atoms with van der Waals surface area (Å²) in [5.41, 5.74) is 6.82. The quantitative estimate of drug-likeness (QED) is 0.110. The van der Waals surface area contributed by atoms with Gasteiger partial charge >= 0.3 is 11.9 Å². The Kier molecular flexibility index (Phi) is 8.89. The van der Waals surface area contributed by atoms with Gasteiger partial charge in [-0.1, -0.05) is 33.9 Å². The van der Waals surface area contributed by atoms with E-state index >= 15 is 0 Å². The van der Waals surface area contributed by atoms with Crippen LogP contribution in [0.15, 0.2) is 63.6 Å². The molecule has 2 aliphatic heterocycles. The predicted molar refractivity (Wildman–Crippen MR) is 154 cm³/mol. The fourth-order valence-corrected chi connectivity index (χ4v) is 6.05. The number of hydrogen-bond donors (Lipinski definition) is 2. The number of thiazole rings is 1. The largest absolute Gasteiger partial charge is 0.422 e. The molecule has 0 spiro atoms. The minimum atomic E-state index is -1.25. The summed E-state index contributed by atoms with van der Waals surface area (Å²) in [7, 11) is 0. The van der Waals surface area contributed by atoms with Crippen molar-refractivity contribution in [3.63, 3.8) is 0 Å². The number of nitrogens with zero attached hydrogens (tertiary/aromatic N) is 5. The van der Waals surface area contributed by atoms with Gasteiger partial charge in [-0.3, -0.25) is 14.5 Å². The van der Waals surface area contributed by atoms with E-state index in [1.54, 1.807) is 47.9 Å². The number of β-lactam (4-membered cyclic amide) rings is 1. The Labute approximate surface area is 250 Å². The third-order valence-corrected chi connectivity index (χ3v) is 8.17. The van der Waals surface area contributed by atoms with Crippen molar-refractivity contribution in [3.8, 4) is 5.88 Å². The van der Waals surface area contributed by atoms with Crippen LogP contribution in [0, 0.1) is 0 Å². The molecule has 2 aliphatic rings. The van der Waals surface area contributed by atoms with Crippen LogP contribution in [0.3, 0.4) is 0 Å². The number of anilines is 1. The van der Waals surface area contributed by atoms with E-state index in [1.807, 2.05) is 0 Å². The first kappa shape index (κ1) is 28.9. The van der Waals surface area contributed by atoms with E-state index in [1.165, 1.54) is 29.0 Å². The summed E-state index contributed by atoms with van der Waals surface area (Å²) < 4.78 is 14.5. The Bertz CT molecular complexity index is 1570. The molecular formula is C25H21N7O7S3. The number of benzene rings is 1. The van der Waals surface area contributed by atoms with Gasteiger partial charge in [-0.2, -0.15) is 4.98 Å². The van der Waals surface area contributed by atoms with Crippen molar-refractivity contribution in [2.45, 2.75) is 24.6 Å². The summed E-state index contributed by atoms with van der Waals surface area (Å²) in [6, 6.07) is 7.30. The van der Waals surface area contributed by atoms with Gasteiger partial charge in [-0.05, 0) is 35.3 Å². The van der Waals surface area contributed by atoms with Crippen molar-refractivity contribution in [1.82, 2.24) is 24.8 Å². The number of amides is 2. The molecular weight excluding hydrogens is 607 g/mol. The van der Waals surface area contributed by atoms with Gasteiger partial charge in [-0.15, -0.1) is 28.2 Å². The molecule has 0 bridgehead atoms. The van der Waals surface area contributed by atoms with E-state index in [0.717, 1.165) is 29.1 Å². The molecule has 1 saturated heterocycles. The maximum atomic E-state index is 13.4. The second-order valence-corrected chi connectivity index (χ2v) is 11.1. The maximum absolute atomic E-state index is 13.4. The van der Waals surface area contributed by atoms with Crippen molar-refractivity contribution >= 4 is 75.8 Å². The number of allylic oxidation sites excluding steroid dienone is 1. The first-order valence-corrected chi connectivity index (χ1v) is 14.9. The topological polar surface area (TPSA) is 188 Å². The molecule has 1 fully saturated rings. The monoisotopic (exact) mass is 627 g/mol. The van der Waals surface area contributed by atoms with Crippen molar-refractivity contribution in [2.75, 3.05) is 11.5 Å². The summed E-state index contributed by atoms with van der Waals surface area (Å²) >= 11 is 3.65.